The van der Waals surface area contributed by atoms with Crippen LogP contribution in [-0.4, -0.2) is 56.8 Å². The molecular formula is C9H18FN3O. The van der Waals surface area contributed by atoms with Crippen LogP contribution in [0.5, 0.6) is 0 Å². The zero-order valence-electron chi connectivity index (χ0n) is 8.55. The van der Waals surface area contributed by atoms with E-state index < -0.39 is 0 Å². The van der Waals surface area contributed by atoms with Gasteiger partial charge in [0.25, 0.3) is 0 Å². The third-order valence-corrected chi connectivity index (χ3v) is 2.48. The number of rotatable bonds is 4. The van der Waals surface area contributed by atoms with Gasteiger partial charge >= 0.3 is 0 Å². The van der Waals surface area contributed by atoms with Crippen LogP contribution in [0.3, 0.4) is 0 Å². The molecule has 0 aromatic heterocycles. The van der Waals surface area contributed by atoms with Crippen molar-refractivity contribution >= 4 is 5.91 Å². The Morgan fingerprint density at radius 1 is 1.71 bits per heavy atom. The highest BCUT2D eigenvalue weighted by atomic mass is 19.1. The summed E-state index contributed by atoms with van der Waals surface area (Å²) in [6, 6.07) is -0.139. The van der Waals surface area contributed by atoms with Crippen molar-refractivity contribution < 1.29 is 9.18 Å². The van der Waals surface area contributed by atoms with Gasteiger partial charge in [-0.1, -0.05) is 0 Å². The van der Waals surface area contributed by atoms with Gasteiger partial charge in [0.15, 0.2) is 0 Å². The second kappa shape index (κ2) is 5.93. The molecular weight excluding hydrogens is 185 g/mol. The predicted octanol–water partition coefficient (Wildman–Crippen LogP) is -0.634. The number of likely N-dealkylation sites (N-methyl/N-ethyl adjacent to an activating group) is 1. The fourth-order valence-electron chi connectivity index (χ4n) is 1.70. The average molecular weight is 203 g/mol. The molecule has 1 unspecified atom stereocenters. The van der Waals surface area contributed by atoms with Crippen LogP contribution >= 0.6 is 0 Å². The maximum Gasteiger partial charge on any atom is 0.238 e. The molecule has 1 atom stereocenters. The zero-order valence-corrected chi connectivity index (χ0v) is 8.55. The third kappa shape index (κ3) is 2.92. The van der Waals surface area contributed by atoms with E-state index in [9.17, 15) is 9.18 Å². The first-order chi connectivity index (χ1) is 6.79. The highest BCUT2D eigenvalue weighted by Crippen LogP contribution is 2.04. The van der Waals surface area contributed by atoms with Crippen LogP contribution in [0.1, 0.15) is 6.42 Å². The molecule has 1 aliphatic heterocycles. The summed E-state index contributed by atoms with van der Waals surface area (Å²) >= 11 is 0. The monoisotopic (exact) mass is 203 g/mol. The Balaban J connectivity index is 2.45. The summed E-state index contributed by atoms with van der Waals surface area (Å²) < 4.78 is 12.0. The molecule has 2 N–H and O–H groups in total. The summed E-state index contributed by atoms with van der Waals surface area (Å²) in [4.78, 5) is 13.5. The van der Waals surface area contributed by atoms with Gasteiger partial charge in [-0.05, 0) is 6.42 Å². The van der Waals surface area contributed by atoms with Gasteiger partial charge in [-0.3, -0.25) is 14.1 Å². The van der Waals surface area contributed by atoms with Gasteiger partial charge in [-0.25, -0.2) is 0 Å². The molecule has 1 saturated heterocycles. The smallest absolute Gasteiger partial charge is 0.238 e. The fraction of sp³-hybridized carbons (Fsp3) is 0.889. The molecule has 14 heavy (non-hydrogen) atoms. The van der Waals surface area contributed by atoms with E-state index in [1.165, 1.54) is 0 Å². The lowest BCUT2D eigenvalue weighted by Crippen LogP contribution is -2.57. The number of nitrogens with one attached hydrogen (secondary N) is 2. The molecule has 0 saturated carbocycles. The molecule has 1 amide bonds. The number of hydrogen-bond donors (Lipinski definition) is 2. The largest absolute Gasteiger partial charge is 0.358 e. The minimum absolute atomic E-state index is 0.0102. The van der Waals surface area contributed by atoms with Crippen molar-refractivity contribution in [3.63, 3.8) is 0 Å². The number of amides is 1. The van der Waals surface area contributed by atoms with Crippen molar-refractivity contribution in [2.45, 2.75) is 12.5 Å². The van der Waals surface area contributed by atoms with Crippen molar-refractivity contribution in [3.05, 3.63) is 0 Å². The van der Waals surface area contributed by atoms with Crippen molar-refractivity contribution in [2.75, 3.05) is 39.9 Å². The topological polar surface area (TPSA) is 44.4 Å². The van der Waals surface area contributed by atoms with Gasteiger partial charge in [0.1, 0.15) is 6.04 Å². The Labute approximate surface area is 83.8 Å². The second-order valence-corrected chi connectivity index (χ2v) is 3.41. The van der Waals surface area contributed by atoms with E-state index >= 15 is 0 Å². The number of alkyl halides is 1. The molecule has 4 nitrogen and oxygen atoms in total. The molecule has 0 aliphatic carbocycles. The van der Waals surface area contributed by atoms with Crippen molar-refractivity contribution in [1.82, 2.24) is 15.5 Å². The van der Waals surface area contributed by atoms with E-state index in [2.05, 4.69) is 10.6 Å². The Kier molecular flexibility index (Phi) is 4.82. The maximum atomic E-state index is 12.0. The van der Waals surface area contributed by atoms with E-state index in [1.54, 1.807) is 7.05 Å². The number of carbonyl (C=O) groups is 1. The zero-order chi connectivity index (χ0) is 10.4. The first-order valence-electron chi connectivity index (χ1n) is 5.02. The van der Waals surface area contributed by atoms with E-state index in [0.29, 0.717) is 19.5 Å². The molecule has 1 heterocycles. The van der Waals surface area contributed by atoms with Crippen LogP contribution in [-0.2, 0) is 4.79 Å². The maximum absolute atomic E-state index is 12.0. The van der Waals surface area contributed by atoms with Gasteiger partial charge in [0.05, 0.1) is 6.67 Å². The highest BCUT2D eigenvalue weighted by molar-refractivity contribution is 5.81. The molecule has 1 rings (SSSR count). The number of nitrogens with zero attached hydrogens (tertiary/aromatic N) is 1. The normalized spacial score (nSPS) is 23.4. The van der Waals surface area contributed by atoms with Gasteiger partial charge < -0.3 is 10.6 Å². The van der Waals surface area contributed by atoms with Crippen LogP contribution in [0.15, 0.2) is 0 Å². The standard InChI is InChI=1S/C9H18FN3O/c1-11-9(14)8-7-12-4-6-13(8)5-2-3-10/h8,12H,2-7H2,1H3,(H,11,14). The van der Waals surface area contributed by atoms with E-state index in [1.807, 2.05) is 4.90 Å². The molecule has 0 bridgehead atoms. The summed E-state index contributed by atoms with van der Waals surface area (Å²) in [6.45, 7) is 2.70. The summed E-state index contributed by atoms with van der Waals surface area (Å²) in [5.41, 5.74) is 0. The first kappa shape index (κ1) is 11.4. The van der Waals surface area contributed by atoms with Gasteiger partial charge in [0, 0.05) is 33.2 Å². The summed E-state index contributed by atoms with van der Waals surface area (Å²) in [5, 5.41) is 5.79. The molecule has 0 aromatic carbocycles. The number of carbonyl (C=O) groups excluding carboxylic acids is 1. The Morgan fingerprint density at radius 2 is 2.50 bits per heavy atom. The van der Waals surface area contributed by atoms with Crippen LogP contribution in [0.4, 0.5) is 4.39 Å². The summed E-state index contributed by atoms with van der Waals surface area (Å²) in [5.74, 6) is 0.0102. The van der Waals surface area contributed by atoms with Crippen molar-refractivity contribution in [2.24, 2.45) is 0 Å². The Bertz CT molecular complexity index is 189. The minimum atomic E-state index is -0.315. The minimum Gasteiger partial charge on any atom is -0.358 e. The fourth-order valence-corrected chi connectivity index (χ4v) is 1.70. The molecule has 5 heteroatoms. The molecule has 0 spiro atoms. The van der Waals surface area contributed by atoms with E-state index in [4.69, 9.17) is 0 Å². The average Bonchev–Trinajstić information content (AvgIpc) is 2.25. The van der Waals surface area contributed by atoms with Crippen LogP contribution in [0.25, 0.3) is 0 Å². The van der Waals surface area contributed by atoms with Crippen LogP contribution < -0.4 is 10.6 Å². The lowest BCUT2D eigenvalue weighted by molar-refractivity contribution is -0.126. The number of halogens is 1. The second-order valence-electron chi connectivity index (χ2n) is 3.41. The number of hydrogen-bond acceptors (Lipinski definition) is 3. The van der Waals surface area contributed by atoms with Crippen LogP contribution in [0.2, 0.25) is 0 Å². The predicted molar refractivity (Wildman–Crippen MR) is 52.9 cm³/mol. The first-order valence-corrected chi connectivity index (χ1v) is 5.02. The molecule has 0 radical (unpaired) electrons. The summed E-state index contributed by atoms with van der Waals surface area (Å²) in [6.07, 6.45) is 0.507. The van der Waals surface area contributed by atoms with Crippen molar-refractivity contribution in [3.8, 4) is 0 Å². The molecule has 1 fully saturated rings. The van der Waals surface area contributed by atoms with E-state index in [0.717, 1.165) is 13.1 Å². The van der Waals surface area contributed by atoms with Gasteiger partial charge in [0.2, 0.25) is 5.91 Å². The molecule has 1 aliphatic rings. The number of piperazine rings is 1. The Morgan fingerprint density at radius 3 is 3.14 bits per heavy atom. The third-order valence-electron chi connectivity index (χ3n) is 2.48. The summed E-state index contributed by atoms with van der Waals surface area (Å²) in [7, 11) is 1.63. The lowest BCUT2D eigenvalue weighted by Gasteiger charge is -2.34. The van der Waals surface area contributed by atoms with Crippen molar-refractivity contribution in [1.29, 1.82) is 0 Å². The highest BCUT2D eigenvalue weighted by Gasteiger charge is 2.26. The molecule has 82 valence electrons. The van der Waals surface area contributed by atoms with E-state index in [-0.39, 0.29) is 18.6 Å². The lowest BCUT2D eigenvalue weighted by atomic mass is 10.1. The SMILES string of the molecule is CNC(=O)C1CNCCN1CCCF. The van der Waals surface area contributed by atoms with Crippen LogP contribution in [0, 0.1) is 0 Å². The van der Waals surface area contributed by atoms with Gasteiger partial charge in [-0.2, -0.15) is 0 Å². The van der Waals surface area contributed by atoms with Gasteiger partial charge in [-0.15, -0.1) is 0 Å². The quantitative estimate of drug-likeness (QED) is 0.639. The Hall–Kier alpha value is -0.680. The molecule has 0 aromatic rings.